The number of para-hydroxylation sites is 1. The summed E-state index contributed by atoms with van der Waals surface area (Å²) in [5.74, 6) is 0. The van der Waals surface area contributed by atoms with E-state index in [1.54, 1.807) is 24.3 Å². The van der Waals surface area contributed by atoms with Gasteiger partial charge in [0.25, 0.3) is 10.0 Å². The van der Waals surface area contributed by atoms with Crippen molar-refractivity contribution < 1.29 is 8.42 Å². The summed E-state index contributed by atoms with van der Waals surface area (Å²) >= 11 is 0. The third-order valence-corrected chi connectivity index (χ3v) is 4.76. The van der Waals surface area contributed by atoms with Crippen molar-refractivity contribution >= 4 is 32.3 Å². The Hall–Kier alpha value is -3.42. The molecule has 1 aromatic heterocycles. The van der Waals surface area contributed by atoms with Crippen LogP contribution in [0, 0.1) is 17.9 Å². The van der Waals surface area contributed by atoms with Gasteiger partial charge in [-0.05, 0) is 12.1 Å². The first-order valence-electron chi connectivity index (χ1n) is 6.83. The molecule has 0 saturated heterocycles. The van der Waals surface area contributed by atoms with Gasteiger partial charge in [0.2, 0.25) is 0 Å². The number of pyridine rings is 1. The van der Waals surface area contributed by atoms with E-state index in [2.05, 4.69) is 14.6 Å². The van der Waals surface area contributed by atoms with Crippen molar-refractivity contribution in [1.29, 1.82) is 5.26 Å². The highest BCUT2D eigenvalue weighted by atomic mass is 32.2. The standard InChI is InChI=1S/C17H10N4O2S/c1-19-14-5-7-16(8-6-14)24(22,23)21-15-9-12-3-2-4-13(10-18)17(12)20-11-15/h2-9,11,21H. The molecule has 7 heteroatoms. The number of fused-ring (bicyclic) bond motifs is 1. The van der Waals surface area contributed by atoms with E-state index < -0.39 is 10.0 Å². The van der Waals surface area contributed by atoms with E-state index in [-0.39, 0.29) is 4.90 Å². The Morgan fingerprint density at radius 2 is 1.92 bits per heavy atom. The Labute approximate surface area is 138 Å². The van der Waals surface area contributed by atoms with Gasteiger partial charge < -0.3 is 0 Å². The fourth-order valence-corrected chi connectivity index (χ4v) is 3.25. The Bertz CT molecular complexity index is 1110. The topological polar surface area (TPSA) is 87.2 Å². The SMILES string of the molecule is [C-]#[N+]c1ccc(S(=O)(=O)Nc2cnc3c(C#N)cccc3c2)cc1. The van der Waals surface area contributed by atoms with E-state index in [9.17, 15) is 8.42 Å². The maximum Gasteiger partial charge on any atom is 0.261 e. The monoisotopic (exact) mass is 334 g/mol. The molecule has 3 aromatic rings. The van der Waals surface area contributed by atoms with Crippen molar-refractivity contribution in [1.82, 2.24) is 4.98 Å². The average molecular weight is 334 g/mol. The minimum atomic E-state index is -3.78. The zero-order chi connectivity index (χ0) is 17.2. The van der Waals surface area contributed by atoms with E-state index in [1.807, 2.05) is 6.07 Å². The molecular weight excluding hydrogens is 324 g/mol. The fourth-order valence-electron chi connectivity index (χ4n) is 2.22. The fraction of sp³-hybridized carbons (Fsp3) is 0. The van der Waals surface area contributed by atoms with E-state index >= 15 is 0 Å². The predicted octanol–water partition coefficient (Wildman–Crippen LogP) is 3.46. The first-order valence-corrected chi connectivity index (χ1v) is 8.31. The first kappa shape index (κ1) is 15.5. The summed E-state index contributed by atoms with van der Waals surface area (Å²) in [6, 6.07) is 14.4. The lowest BCUT2D eigenvalue weighted by Crippen LogP contribution is -2.13. The maximum absolute atomic E-state index is 12.4. The summed E-state index contributed by atoms with van der Waals surface area (Å²) in [6.07, 6.45) is 1.37. The van der Waals surface area contributed by atoms with Crippen LogP contribution in [0.2, 0.25) is 0 Å². The van der Waals surface area contributed by atoms with E-state index in [0.717, 1.165) is 0 Å². The normalized spacial score (nSPS) is 10.8. The van der Waals surface area contributed by atoms with E-state index in [1.165, 1.54) is 30.5 Å². The van der Waals surface area contributed by atoms with Gasteiger partial charge in [-0.2, -0.15) is 5.26 Å². The number of nitrogens with zero attached hydrogens (tertiary/aromatic N) is 3. The Morgan fingerprint density at radius 3 is 2.58 bits per heavy atom. The van der Waals surface area contributed by atoms with Gasteiger partial charge in [-0.25, -0.2) is 13.3 Å². The quantitative estimate of drug-likeness (QED) is 0.743. The van der Waals surface area contributed by atoms with Gasteiger partial charge in [-0.3, -0.25) is 9.71 Å². The molecule has 0 spiro atoms. The lowest BCUT2D eigenvalue weighted by atomic mass is 10.1. The number of aromatic nitrogens is 1. The molecule has 0 unspecified atom stereocenters. The highest BCUT2D eigenvalue weighted by Crippen LogP contribution is 2.23. The molecule has 2 aromatic carbocycles. The molecule has 0 radical (unpaired) electrons. The van der Waals surface area contributed by atoms with Crippen LogP contribution in [0.15, 0.2) is 59.6 Å². The van der Waals surface area contributed by atoms with Crippen LogP contribution in [0.5, 0.6) is 0 Å². The highest BCUT2D eigenvalue weighted by molar-refractivity contribution is 7.92. The van der Waals surface area contributed by atoms with Gasteiger partial charge in [-0.15, -0.1) is 0 Å². The summed E-state index contributed by atoms with van der Waals surface area (Å²) in [4.78, 5) is 7.45. The van der Waals surface area contributed by atoms with Crippen LogP contribution in [0.3, 0.4) is 0 Å². The van der Waals surface area contributed by atoms with Gasteiger partial charge in [0.1, 0.15) is 6.07 Å². The van der Waals surface area contributed by atoms with Crippen LogP contribution in [0.1, 0.15) is 5.56 Å². The van der Waals surface area contributed by atoms with Gasteiger partial charge in [0.05, 0.1) is 34.4 Å². The second-order valence-corrected chi connectivity index (χ2v) is 6.61. The lowest BCUT2D eigenvalue weighted by Gasteiger charge is -2.09. The number of anilines is 1. The van der Waals surface area contributed by atoms with Crippen molar-refractivity contribution in [3.63, 3.8) is 0 Å². The predicted molar refractivity (Wildman–Crippen MR) is 90.0 cm³/mol. The minimum Gasteiger partial charge on any atom is -0.278 e. The van der Waals surface area contributed by atoms with Crippen LogP contribution in [0.4, 0.5) is 11.4 Å². The maximum atomic E-state index is 12.4. The van der Waals surface area contributed by atoms with Gasteiger partial charge in [-0.1, -0.05) is 36.4 Å². The zero-order valence-corrected chi connectivity index (χ0v) is 13.1. The van der Waals surface area contributed by atoms with Crippen LogP contribution < -0.4 is 4.72 Å². The molecule has 0 fully saturated rings. The molecule has 0 amide bonds. The summed E-state index contributed by atoms with van der Waals surface area (Å²) in [7, 11) is -3.78. The summed E-state index contributed by atoms with van der Waals surface area (Å²) in [5.41, 5.74) is 1.61. The Morgan fingerprint density at radius 1 is 1.17 bits per heavy atom. The smallest absolute Gasteiger partial charge is 0.261 e. The summed E-state index contributed by atoms with van der Waals surface area (Å²) in [6.45, 7) is 6.89. The Balaban J connectivity index is 1.96. The summed E-state index contributed by atoms with van der Waals surface area (Å²) < 4.78 is 27.2. The molecule has 116 valence electrons. The summed E-state index contributed by atoms with van der Waals surface area (Å²) in [5, 5.41) is 9.72. The molecule has 0 aliphatic rings. The number of hydrogen-bond acceptors (Lipinski definition) is 4. The van der Waals surface area contributed by atoms with Gasteiger partial charge in [0, 0.05) is 5.39 Å². The molecule has 1 N–H and O–H groups in total. The second kappa shape index (κ2) is 5.99. The molecule has 0 bridgehead atoms. The molecular formula is C17H10N4O2S. The number of nitrogens with one attached hydrogen (secondary N) is 1. The van der Waals surface area contributed by atoms with E-state index in [4.69, 9.17) is 11.8 Å². The number of hydrogen-bond donors (Lipinski definition) is 1. The number of nitriles is 1. The molecule has 6 nitrogen and oxygen atoms in total. The average Bonchev–Trinajstić information content (AvgIpc) is 2.60. The van der Waals surface area contributed by atoms with Gasteiger partial charge >= 0.3 is 0 Å². The lowest BCUT2D eigenvalue weighted by molar-refractivity contribution is 0.601. The first-order chi connectivity index (χ1) is 11.5. The highest BCUT2D eigenvalue weighted by Gasteiger charge is 2.14. The van der Waals surface area contributed by atoms with Crippen molar-refractivity contribution in [3.05, 3.63) is 71.7 Å². The van der Waals surface area contributed by atoms with Crippen LogP contribution in [-0.4, -0.2) is 13.4 Å². The van der Waals surface area contributed by atoms with Crippen LogP contribution in [-0.2, 0) is 10.0 Å². The minimum absolute atomic E-state index is 0.0563. The second-order valence-electron chi connectivity index (χ2n) is 4.92. The largest absolute Gasteiger partial charge is 0.278 e. The van der Waals surface area contributed by atoms with Crippen molar-refractivity contribution in [2.24, 2.45) is 0 Å². The molecule has 24 heavy (non-hydrogen) atoms. The number of rotatable bonds is 3. The van der Waals surface area contributed by atoms with Gasteiger partial charge in [0.15, 0.2) is 5.69 Å². The van der Waals surface area contributed by atoms with E-state index in [0.29, 0.717) is 27.8 Å². The molecule has 0 aliphatic heterocycles. The molecule has 0 atom stereocenters. The van der Waals surface area contributed by atoms with Crippen molar-refractivity contribution in [3.8, 4) is 6.07 Å². The third kappa shape index (κ3) is 2.89. The van der Waals surface area contributed by atoms with Crippen molar-refractivity contribution in [2.75, 3.05) is 4.72 Å². The molecule has 0 aliphatic carbocycles. The van der Waals surface area contributed by atoms with Crippen LogP contribution in [0.25, 0.3) is 15.7 Å². The zero-order valence-electron chi connectivity index (χ0n) is 12.3. The molecule has 1 heterocycles. The van der Waals surface area contributed by atoms with Crippen molar-refractivity contribution in [2.45, 2.75) is 4.90 Å². The number of benzene rings is 2. The third-order valence-electron chi connectivity index (χ3n) is 3.36. The number of sulfonamides is 1. The molecule has 0 saturated carbocycles. The molecule has 3 rings (SSSR count). The van der Waals surface area contributed by atoms with Crippen LogP contribution >= 0.6 is 0 Å². The Kier molecular flexibility index (Phi) is 3.87.